The Hall–Kier alpha value is -1.64. The van der Waals surface area contributed by atoms with Crippen molar-refractivity contribution >= 4 is 12.3 Å². The molecule has 0 heterocycles. The van der Waals surface area contributed by atoms with E-state index in [1.54, 1.807) is 12.1 Å². The Bertz CT molecular complexity index is 388. The fourth-order valence-electron chi connectivity index (χ4n) is 1.67. The van der Waals surface area contributed by atoms with Crippen LogP contribution in [0.5, 0.6) is 0 Å². The molecule has 3 heteroatoms. The summed E-state index contributed by atoms with van der Waals surface area (Å²) < 4.78 is 4.60. The molecule has 0 atom stereocenters. The molecule has 1 fully saturated rings. The van der Waals surface area contributed by atoms with E-state index in [1.807, 2.05) is 12.1 Å². The van der Waals surface area contributed by atoms with E-state index in [1.165, 1.54) is 7.11 Å². The highest BCUT2D eigenvalue weighted by atomic mass is 16.5. The molecule has 0 radical (unpaired) electrons. The second-order valence-electron chi connectivity index (χ2n) is 3.84. The minimum atomic E-state index is -0.350. The number of carbonyl (C=O) groups is 2. The van der Waals surface area contributed by atoms with Crippen LogP contribution in [-0.2, 0) is 14.9 Å². The molecule has 1 aliphatic rings. The predicted molar refractivity (Wildman–Crippen MR) is 54.8 cm³/mol. The zero-order valence-electron chi connectivity index (χ0n) is 8.53. The highest BCUT2D eigenvalue weighted by molar-refractivity contribution is 5.89. The van der Waals surface area contributed by atoms with Crippen molar-refractivity contribution in [3.05, 3.63) is 35.4 Å². The summed E-state index contributed by atoms with van der Waals surface area (Å²) >= 11 is 0. The van der Waals surface area contributed by atoms with E-state index in [9.17, 15) is 9.59 Å². The van der Waals surface area contributed by atoms with Gasteiger partial charge in [-0.15, -0.1) is 0 Å². The Morgan fingerprint density at radius 1 is 1.33 bits per heavy atom. The lowest BCUT2D eigenvalue weighted by atomic mass is 9.97. The van der Waals surface area contributed by atoms with Crippen molar-refractivity contribution in [3.63, 3.8) is 0 Å². The van der Waals surface area contributed by atoms with Gasteiger partial charge in [-0.2, -0.15) is 0 Å². The molecule has 0 aliphatic heterocycles. The molecule has 0 unspecified atom stereocenters. The SMILES string of the molecule is COC(=O)c1ccc(C2(C=O)CC2)cc1. The quantitative estimate of drug-likeness (QED) is 0.556. The molecule has 0 saturated heterocycles. The molecule has 2 rings (SSSR count). The number of hydrogen-bond acceptors (Lipinski definition) is 3. The summed E-state index contributed by atoms with van der Waals surface area (Å²) in [6, 6.07) is 7.05. The number of benzene rings is 1. The normalized spacial score (nSPS) is 16.9. The molecular formula is C12H12O3. The molecule has 1 aromatic carbocycles. The molecular weight excluding hydrogens is 192 g/mol. The molecule has 0 N–H and O–H groups in total. The maximum atomic E-state index is 11.2. The fourth-order valence-corrected chi connectivity index (χ4v) is 1.67. The van der Waals surface area contributed by atoms with Crippen LogP contribution in [0.25, 0.3) is 0 Å². The first-order valence-corrected chi connectivity index (χ1v) is 4.87. The van der Waals surface area contributed by atoms with E-state index in [0.29, 0.717) is 5.56 Å². The van der Waals surface area contributed by atoms with Gasteiger partial charge in [-0.3, -0.25) is 0 Å². The first-order chi connectivity index (χ1) is 7.22. The number of hydrogen-bond donors (Lipinski definition) is 0. The van der Waals surface area contributed by atoms with Crippen LogP contribution in [0.4, 0.5) is 0 Å². The van der Waals surface area contributed by atoms with Crippen LogP contribution in [0, 0.1) is 0 Å². The summed E-state index contributed by atoms with van der Waals surface area (Å²) in [4.78, 5) is 22.0. The van der Waals surface area contributed by atoms with Crippen molar-refractivity contribution in [2.45, 2.75) is 18.3 Å². The Morgan fingerprint density at radius 2 is 1.93 bits per heavy atom. The molecule has 1 saturated carbocycles. The van der Waals surface area contributed by atoms with Gasteiger partial charge in [0.15, 0.2) is 0 Å². The summed E-state index contributed by atoms with van der Waals surface area (Å²) in [5.41, 5.74) is 1.24. The number of methoxy groups -OCH3 is 1. The molecule has 0 spiro atoms. The van der Waals surface area contributed by atoms with Gasteiger partial charge in [-0.1, -0.05) is 12.1 Å². The summed E-state index contributed by atoms with van der Waals surface area (Å²) in [6.07, 6.45) is 2.82. The first-order valence-electron chi connectivity index (χ1n) is 4.87. The molecule has 78 valence electrons. The maximum Gasteiger partial charge on any atom is 0.337 e. The number of carbonyl (C=O) groups excluding carboxylic acids is 2. The number of ether oxygens (including phenoxy) is 1. The van der Waals surface area contributed by atoms with Crippen LogP contribution >= 0.6 is 0 Å². The monoisotopic (exact) mass is 204 g/mol. The van der Waals surface area contributed by atoms with Crippen LogP contribution in [0.2, 0.25) is 0 Å². The zero-order chi connectivity index (χ0) is 10.9. The third kappa shape index (κ3) is 1.65. The largest absolute Gasteiger partial charge is 0.465 e. The smallest absolute Gasteiger partial charge is 0.337 e. The molecule has 1 aromatic rings. The van der Waals surface area contributed by atoms with Gasteiger partial charge < -0.3 is 9.53 Å². The van der Waals surface area contributed by atoms with Gasteiger partial charge in [0.2, 0.25) is 0 Å². The van der Waals surface area contributed by atoms with Crippen molar-refractivity contribution in [2.75, 3.05) is 7.11 Å². The number of esters is 1. The average molecular weight is 204 g/mol. The van der Waals surface area contributed by atoms with Gasteiger partial charge in [0.25, 0.3) is 0 Å². The highest BCUT2D eigenvalue weighted by Gasteiger charge is 2.44. The lowest BCUT2D eigenvalue weighted by Gasteiger charge is -2.07. The lowest BCUT2D eigenvalue weighted by Crippen LogP contribution is -2.08. The van der Waals surface area contributed by atoms with Crippen molar-refractivity contribution < 1.29 is 14.3 Å². The summed E-state index contributed by atoms with van der Waals surface area (Å²) in [6.45, 7) is 0. The number of aldehydes is 1. The molecule has 0 bridgehead atoms. The Morgan fingerprint density at radius 3 is 2.33 bits per heavy atom. The second kappa shape index (κ2) is 3.50. The molecule has 1 aliphatic carbocycles. The van der Waals surface area contributed by atoms with Crippen molar-refractivity contribution in [2.24, 2.45) is 0 Å². The summed E-state index contributed by atoms with van der Waals surface area (Å²) in [5.74, 6) is -0.350. The van der Waals surface area contributed by atoms with E-state index < -0.39 is 0 Å². The van der Waals surface area contributed by atoms with Crippen LogP contribution in [0.1, 0.15) is 28.8 Å². The highest BCUT2D eigenvalue weighted by Crippen LogP contribution is 2.46. The van der Waals surface area contributed by atoms with E-state index in [2.05, 4.69) is 4.74 Å². The predicted octanol–water partition coefficient (Wildman–Crippen LogP) is 1.70. The Balaban J connectivity index is 2.25. The topological polar surface area (TPSA) is 43.4 Å². The van der Waals surface area contributed by atoms with Gasteiger partial charge in [-0.25, -0.2) is 4.79 Å². The summed E-state index contributed by atoms with van der Waals surface area (Å²) in [7, 11) is 1.35. The van der Waals surface area contributed by atoms with Crippen molar-refractivity contribution in [3.8, 4) is 0 Å². The number of rotatable bonds is 3. The van der Waals surface area contributed by atoms with Crippen LogP contribution < -0.4 is 0 Å². The molecule has 0 amide bonds. The van der Waals surface area contributed by atoms with Crippen molar-refractivity contribution in [1.82, 2.24) is 0 Å². The molecule has 0 aromatic heterocycles. The van der Waals surface area contributed by atoms with Crippen molar-refractivity contribution in [1.29, 1.82) is 0 Å². The molecule has 3 nitrogen and oxygen atoms in total. The van der Waals surface area contributed by atoms with Crippen LogP contribution in [0.15, 0.2) is 24.3 Å². The van der Waals surface area contributed by atoms with Gasteiger partial charge in [0.05, 0.1) is 18.1 Å². The average Bonchev–Trinajstić information content (AvgIpc) is 3.09. The summed E-state index contributed by atoms with van der Waals surface area (Å²) in [5, 5.41) is 0. The van der Waals surface area contributed by atoms with Gasteiger partial charge in [0.1, 0.15) is 6.29 Å². The standard InChI is InChI=1S/C12H12O3/c1-15-11(14)9-2-4-10(5-3-9)12(8-13)6-7-12/h2-5,8H,6-7H2,1H3. The third-order valence-electron chi connectivity index (χ3n) is 2.90. The lowest BCUT2D eigenvalue weighted by molar-refractivity contribution is -0.109. The Kier molecular flexibility index (Phi) is 2.31. The zero-order valence-corrected chi connectivity index (χ0v) is 8.53. The van der Waals surface area contributed by atoms with E-state index in [4.69, 9.17) is 0 Å². The van der Waals surface area contributed by atoms with E-state index >= 15 is 0 Å². The van der Waals surface area contributed by atoms with Gasteiger partial charge >= 0.3 is 5.97 Å². The van der Waals surface area contributed by atoms with E-state index in [0.717, 1.165) is 24.7 Å². The maximum absolute atomic E-state index is 11.2. The Labute approximate surface area is 88.1 Å². The fraction of sp³-hybridized carbons (Fsp3) is 0.333. The van der Waals surface area contributed by atoms with Gasteiger partial charge in [-0.05, 0) is 30.5 Å². The minimum Gasteiger partial charge on any atom is -0.465 e. The minimum absolute atomic E-state index is 0.269. The second-order valence-corrected chi connectivity index (χ2v) is 3.84. The molecule has 15 heavy (non-hydrogen) atoms. The van der Waals surface area contributed by atoms with Crippen LogP contribution in [0.3, 0.4) is 0 Å². The first kappa shape index (κ1) is 9.90. The van der Waals surface area contributed by atoms with E-state index in [-0.39, 0.29) is 11.4 Å². The van der Waals surface area contributed by atoms with Crippen LogP contribution in [-0.4, -0.2) is 19.4 Å². The van der Waals surface area contributed by atoms with Gasteiger partial charge in [0, 0.05) is 0 Å². The third-order valence-corrected chi connectivity index (χ3v) is 2.90.